The van der Waals surface area contributed by atoms with E-state index in [1.807, 2.05) is 10.9 Å². The molecule has 2 fully saturated rings. The molecule has 0 aliphatic carbocycles. The van der Waals surface area contributed by atoms with Crippen LogP contribution in [0, 0.1) is 0 Å². The standard InChI is InChI=1S/C20H26F3N5/c1-2-28-15-16(12-25-28)14-27-9-3-6-19(27)7-10-26(11-8-19)18-5-4-17(13-24-18)20(21,22)23/h4-5,12-13,15H,2-3,6-11,14H2,1H3. The summed E-state index contributed by atoms with van der Waals surface area (Å²) >= 11 is 0. The van der Waals surface area contributed by atoms with Crippen LogP contribution in [-0.2, 0) is 19.3 Å². The number of aryl methyl sites for hydroxylation is 1. The van der Waals surface area contributed by atoms with Gasteiger partial charge in [-0.05, 0) is 51.3 Å². The molecule has 0 aromatic carbocycles. The van der Waals surface area contributed by atoms with E-state index in [1.165, 1.54) is 24.5 Å². The van der Waals surface area contributed by atoms with Gasteiger partial charge in [0.2, 0.25) is 0 Å². The number of hydrogen-bond donors (Lipinski definition) is 0. The van der Waals surface area contributed by atoms with E-state index < -0.39 is 11.7 Å². The Hall–Kier alpha value is -2.09. The average molecular weight is 393 g/mol. The molecule has 0 N–H and O–H groups in total. The van der Waals surface area contributed by atoms with Crippen LogP contribution < -0.4 is 4.90 Å². The number of pyridine rings is 1. The Bertz CT molecular complexity index is 791. The van der Waals surface area contributed by atoms with Crippen molar-refractivity contribution in [2.75, 3.05) is 24.5 Å². The average Bonchev–Trinajstić information content (AvgIpc) is 3.30. The van der Waals surface area contributed by atoms with Crippen molar-refractivity contribution in [3.63, 3.8) is 0 Å². The molecule has 1 spiro atoms. The predicted octanol–water partition coefficient (Wildman–Crippen LogP) is 3.95. The highest BCUT2D eigenvalue weighted by atomic mass is 19.4. The maximum Gasteiger partial charge on any atom is 0.417 e. The fourth-order valence-electron chi connectivity index (χ4n) is 4.58. The van der Waals surface area contributed by atoms with Gasteiger partial charge in [-0.25, -0.2) is 4.98 Å². The van der Waals surface area contributed by atoms with Crippen LogP contribution in [0.3, 0.4) is 0 Å². The zero-order valence-corrected chi connectivity index (χ0v) is 16.1. The van der Waals surface area contributed by atoms with E-state index in [0.717, 1.165) is 57.8 Å². The van der Waals surface area contributed by atoms with E-state index in [4.69, 9.17) is 0 Å². The van der Waals surface area contributed by atoms with Crippen LogP contribution in [0.1, 0.15) is 43.7 Å². The molecule has 0 bridgehead atoms. The number of anilines is 1. The Labute approximate surface area is 163 Å². The van der Waals surface area contributed by atoms with E-state index in [9.17, 15) is 13.2 Å². The molecule has 0 amide bonds. The summed E-state index contributed by atoms with van der Waals surface area (Å²) in [6, 6.07) is 2.62. The van der Waals surface area contributed by atoms with Gasteiger partial charge < -0.3 is 4.90 Å². The van der Waals surface area contributed by atoms with Crippen molar-refractivity contribution in [3.8, 4) is 0 Å². The first-order valence-corrected chi connectivity index (χ1v) is 9.94. The third-order valence-corrected chi connectivity index (χ3v) is 6.22. The van der Waals surface area contributed by atoms with Crippen molar-refractivity contribution < 1.29 is 13.2 Å². The zero-order valence-electron chi connectivity index (χ0n) is 16.1. The molecule has 4 rings (SSSR count). The first-order valence-electron chi connectivity index (χ1n) is 9.94. The first kappa shape index (κ1) is 19.2. The summed E-state index contributed by atoms with van der Waals surface area (Å²) in [5.74, 6) is 0.636. The minimum Gasteiger partial charge on any atom is -0.356 e. The highest BCUT2D eigenvalue weighted by Gasteiger charge is 2.43. The van der Waals surface area contributed by atoms with Gasteiger partial charge in [0.15, 0.2) is 0 Å². The lowest BCUT2D eigenvalue weighted by atomic mass is 9.84. The number of likely N-dealkylation sites (tertiary alicyclic amines) is 1. The number of piperidine rings is 1. The summed E-state index contributed by atoms with van der Waals surface area (Å²) in [5, 5.41) is 4.38. The molecule has 2 saturated heterocycles. The minimum atomic E-state index is -4.34. The Kier molecular flexibility index (Phi) is 5.07. The Balaban J connectivity index is 1.40. The summed E-state index contributed by atoms with van der Waals surface area (Å²) < 4.78 is 40.2. The first-order chi connectivity index (χ1) is 13.4. The molecule has 0 atom stereocenters. The second-order valence-electron chi connectivity index (χ2n) is 7.84. The van der Waals surface area contributed by atoms with Crippen molar-refractivity contribution >= 4 is 5.82 Å². The molecular formula is C20H26F3N5. The summed E-state index contributed by atoms with van der Waals surface area (Å²) in [5.41, 5.74) is 0.741. The van der Waals surface area contributed by atoms with Crippen LogP contribution in [0.4, 0.5) is 19.0 Å². The van der Waals surface area contributed by atoms with Crippen LogP contribution >= 0.6 is 0 Å². The van der Waals surface area contributed by atoms with Crippen molar-refractivity contribution in [2.45, 2.75) is 57.4 Å². The monoisotopic (exact) mass is 393 g/mol. The second-order valence-corrected chi connectivity index (χ2v) is 7.84. The van der Waals surface area contributed by atoms with Gasteiger partial charge >= 0.3 is 6.18 Å². The van der Waals surface area contributed by atoms with Gasteiger partial charge in [-0.1, -0.05) is 0 Å². The van der Waals surface area contributed by atoms with Crippen LogP contribution in [0.15, 0.2) is 30.7 Å². The molecule has 0 unspecified atom stereocenters. The lowest BCUT2D eigenvalue weighted by Crippen LogP contribution is -2.52. The number of hydrogen-bond acceptors (Lipinski definition) is 4. The van der Waals surface area contributed by atoms with Gasteiger partial charge in [0.25, 0.3) is 0 Å². The van der Waals surface area contributed by atoms with E-state index in [0.29, 0.717) is 5.82 Å². The lowest BCUT2D eigenvalue weighted by molar-refractivity contribution is -0.137. The SMILES string of the molecule is CCn1cc(CN2CCCC23CCN(c2ccc(C(F)(F)F)cn2)CC3)cn1. The fourth-order valence-corrected chi connectivity index (χ4v) is 4.58. The van der Waals surface area contributed by atoms with Gasteiger partial charge in [-0.15, -0.1) is 0 Å². The molecule has 4 heterocycles. The number of rotatable bonds is 4. The molecule has 152 valence electrons. The largest absolute Gasteiger partial charge is 0.417 e. The molecule has 5 nitrogen and oxygen atoms in total. The van der Waals surface area contributed by atoms with Crippen LogP contribution in [0.25, 0.3) is 0 Å². The van der Waals surface area contributed by atoms with E-state index >= 15 is 0 Å². The molecule has 8 heteroatoms. The van der Waals surface area contributed by atoms with Gasteiger partial charge in [0.05, 0.1) is 11.8 Å². The molecule has 0 radical (unpaired) electrons. The molecule has 2 aromatic rings. The Morgan fingerprint density at radius 3 is 2.46 bits per heavy atom. The minimum absolute atomic E-state index is 0.191. The van der Waals surface area contributed by atoms with Gasteiger partial charge in [-0.3, -0.25) is 9.58 Å². The maximum atomic E-state index is 12.7. The van der Waals surface area contributed by atoms with Crippen LogP contribution in [-0.4, -0.2) is 44.8 Å². The molecule has 2 aromatic heterocycles. The van der Waals surface area contributed by atoms with Crippen molar-refractivity contribution in [1.82, 2.24) is 19.7 Å². The molecule has 2 aliphatic rings. The highest BCUT2D eigenvalue weighted by Crippen LogP contribution is 2.40. The van der Waals surface area contributed by atoms with Crippen molar-refractivity contribution in [1.29, 1.82) is 0 Å². The Morgan fingerprint density at radius 2 is 1.86 bits per heavy atom. The van der Waals surface area contributed by atoms with E-state index in [2.05, 4.69) is 33.0 Å². The predicted molar refractivity (Wildman–Crippen MR) is 101 cm³/mol. The van der Waals surface area contributed by atoms with Crippen molar-refractivity contribution in [3.05, 3.63) is 41.9 Å². The highest BCUT2D eigenvalue weighted by molar-refractivity contribution is 5.40. The van der Waals surface area contributed by atoms with Crippen LogP contribution in [0.5, 0.6) is 0 Å². The van der Waals surface area contributed by atoms with E-state index in [1.54, 1.807) is 0 Å². The fraction of sp³-hybridized carbons (Fsp3) is 0.600. The third kappa shape index (κ3) is 3.74. The molecular weight excluding hydrogens is 367 g/mol. The number of aromatic nitrogens is 3. The summed E-state index contributed by atoms with van der Waals surface area (Å²) in [4.78, 5) is 8.76. The molecule has 28 heavy (non-hydrogen) atoms. The lowest BCUT2D eigenvalue weighted by Gasteiger charge is -2.45. The third-order valence-electron chi connectivity index (χ3n) is 6.22. The Morgan fingerprint density at radius 1 is 1.07 bits per heavy atom. The van der Waals surface area contributed by atoms with Gasteiger partial charge in [0, 0.05) is 49.7 Å². The molecule has 2 aliphatic heterocycles. The number of halogens is 3. The van der Waals surface area contributed by atoms with Gasteiger partial charge in [-0.2, -0.15) is 18.3 Å². The molecule has 0 saturated carbocycles. The second kappa shape index (κ2) is 7.39. The van der Waals surface area contributed by atoms with Crippen LogP contribution in [0.2, 0.25) is 0 Å². The maximum absolute atomic E-state index is 12.7. The summed E-state index contributed by atoms with van der Waals surface area (Å²) in [7, 11) is 0. The summed E-state index contributed by atoms with van der Waals surface area (Å²) in [6.07, 6.45) is 5.07. The smallest absolute Gasteiger partial charge is 0.356 e. The topological polar surface area (TPSA) is 37.2 Å². The normalized spacial score (nSPS) is 20.2. The quantitative estimate of drug-likeness (QED) is 0.788. The van der Waals surface area contributed by atoms with Gasteiger partial charge in [0.1, 0.15) is 5.82 Å². The van der Waals surface area contributed by atoms with Crippen molar-refractivity contribution in [2.24, 2.45) is 0 Å². The summed E-state index contributed by atoms with van der Waals surface area (Å²) in [6.45, 7) is 6.61. The van der Waals surface area contributed by atoms with E-state index in [-0.39, 0.29) is 5.54 Å². The number of nitrogens with zero attached hydrogens (tertiary/aromatic N) is 5. The zero-order chi connectivity index (χ0) is 19.8. The number of alkyl halides is 3.